The maximum Gasteiger partial charge on any atom is 0.353 e. The summed E-state index contributed by atoms with van der Waals surface area (Å²) in [6.45, 7) is 6.29. The summed E-state index contributed by atoms with van der Waals surface area (Å²) in [4.78, 5) is 21.3. The highest BCUT2D eigenvalue weighted by molar-refractivity contribution is 7.03. The molecular formula is C18H21N7O2S. The number of rotatable bonds is 6. The Kier molecular flexibility index (Phi) is 5.50. The van der Waals surface area contributed by atoms with Crippen molar-refractivity contribution in [3.63, 3.8) is 0 Å². The molecule has 9 nitrogen and oxygen atoms in total. The van der Waals surface area contributed by atoms with Crippen molar-refractivity contribution in [3.8, 4) is 11.3 Å². The molecule has 0 spiro atoms. The average Bonchev–Trinajstić information content (AvgIpc) is 3.19. The highest BCUT2D eigenvalue weighted by Gasteiger charge is 2.30. The van der Waals surface area contributed by atoms with E-state index in [2.05, 4.69) is 24.9 Å². The zero-order valence-corrected chi connectivity index (χ0v) is 16.9. The second-order valence-electron chi connectivity index (χ2n) is 7.22. The van der Waals surface area contributed by atoms with E-state index in [-0.39, 0.29) is 22.9 Å². The molecule has 1 N–H and O–H groups in total. The lowest BCUT2D eigenvalue weighted by Gasteiger charge is -2.32. The summed E-state index contributed by atoms with van der Waals surface area (Å²) >= 11 is 1.30. The lowest BCUT2D eigenvalue weighted by atomic mass is 10.1. The van der Waals surface area contributed by atoms with Gasteiger partial charge in [-0.3, -0.25) is 10.1 Å². The van der Waals surface area contributed by atoms with E-state index in [1.165, 1.54) is 17.9 Å². The minimum Gasteiger partial charge on any atom is -0.360 e. The number of nitrogens with one attached hydrogen (secondary N) is 1. The summed E-state index contributed by atoms with van der Waals surface area (Å²) in [7, 11) is 1.78. The Morgan fingerprint density at radius 1 is 1.21 bits per heavy atom. The predicted molar refractivity (Wildman–Crippen MR) is 110 cm³/mol. The van der Waals surface area contributed by atoms with Crippen molar-refractivity contribution in [2.75, 3.05) is 17.3 Å². The summed E-state index contributed by atoms with van der Waals surface area (Å²) in [5.74, 6) is 0.472. The molecule has 2 heterocycles. The highest BCUT2D eigenvalue weighted by Crippen LogP contribution is 2.34. The van der Waals surface area contributed by atoms with Crippen LogP contribution in [-0.2, 0) is 6.54 Å². The first-order chi connectivity index (χ1) is 13.3. The molecule has 0 saturated heterocycles. The van der Waals surface area contributed by atoms with E-state index in [9.17, 15) is 10.1 Å². The molecule has 0 saturated carbocycles. The van der Waals surface area contributed by atoms with Gasteiger partial charge in [-0.2, -0.15) is 0 Å². The van der Waals surface area contributed by atoms with E-state index >= 15 is 0 Å². The zero-order chi connectivity index (χ0) is 20.3. The van der Waals surface area contributed by atoms with Crippen molar-refractivity contribution >= 4 is 28.9 Å². The van der Waals surface area contributed by atoms with Crippen LogP contribution in [-0.4, -0.2) is 37.1 Å². The van der Waals surface area contributed by atoms with Crippen LogP contribution in [0.2, 0.25) is 0 Å². The predicted octanol–water partition coefficient (Wildman–Crippen LogP) is 3.75. The summed E-state index contributed by atoms with van der Waals surface area (Å²) in [5, 5.41) is 20.7. The summed E-state index contributed by atoms with van der Waals surface area (Å²) in [6, 6.07) is 7.77. The van der Waals surface area contributed by atoms with E-state index in [0.717, 1.165) is 16.8 Å². The van der Waals surface area contributed by atoms with E-state index in [1.807, 2.05) is 50.4 Å². The number of benzene rings is 1. The van der Waals surface area contributed by atoms with Gasteiger partial charge in [0.25, 0.3) is 0 Å². The van der Waals surface area contributed by atoms with Gasteiger partial charge in [0.1, 0.15) is 12.0 Å². The van der Waals surface area contributed by atoms with Crippen molar-refractivity contribution < 1.29 is 4.92 Å². The van der Waals surface area contributed by atoms with Crippen molar-refractivity contribution in [2.45, 2.75) is 32.9 Å². The van der Waals surface area contributed by atoms with Crippen LogP contribution in [0.1, 0.15) is 26.3 Å². The third-order valence-electron chi connectivity index (χ3n) is 4.38. The smallest absolute Gasteiger partial charge is 0.353 e. The standard InChI is InChI=1S/C18H21N7O2S/c1-18(2,3)24(4)17-15(25(26)27)16(20-11-21-17)19-9-12-5-7-13(8-6-12)14-10-28-23-22-14/h5-8,10-11H,9H2,1-4H3,(H,19,20,21). The molecule has 0 aliphatic heterocycles. The molecule has 146 valence electrons. The third kappa shape index (κ3) is 4.22. The topological polar surface area (TPSA) is 110 Å². The van der Waals surface area contributed by atoms with Gasteiger partial charge in [0.05, 0.1) is 4.92 Å². The SMILES string of the molecule is CN(c1ncnc(NCc2ccc(-c3csnn3)cc2)c1[N+](=O)[O-])C(C)(C)C. The van der Waals surface area contributed by atoms with Crippen LogP contribution in [0.25, 0.3) is 11.3 Å². The van der Waals surface area contributed by atoms with Crippen LogP contribution < -0.4 is 10.2 Å². The van der Waals surface area contributed by atoms with Gasteiger partial charge in [0.15, 0.2) is 0 Å². The molecule has 10 heteroatoms. The normalized spacial score (nSPS) is 11.3. The molecule has 3 rings (SSSR count). The average molecular weight is 399 g/mol. The summed E-state index contributed by atoms with van der Waals surface area (Å²) in [5.41, 5.74) is 2.30. The van der Waals surface area contributed by atoms with Crippen molar-refractivity contribution in [1.29, 1.82) is 0 Å². The van der Waals surface area contributed by atoms with E-state index < -0.39 is 4.92 Å². The molecule has 0 atom stereocenters. The first kappa shape index (κ1) is 19.6. The van der Waals surface area contributed by atoms with Crippen molar-refractivity contribution in [2.24, 2.45) is 0 Å². The van der Waals surface area contributed by atoms with Gasteiger partial charge < -0.3 is 10.2 Å². The molecule has 3 aromatic rings. The molecule has 0 aliphatic rings. The first-order valence-corrected chi connectivity index (χ1v) is 9.44. The quantitative estimate of drug-likeness (QED) is 0.493. The number of hydrogen-bond donors (Lipinski definition) is 1. The Bertz CT molecular complexity index is 953. The fraction of sp³-hybridized carbons (Fsp3) is 0.333. The van der Waals surface area contributed by atoms with Crippen LogP contribution in [0.4, 0.5) is 17.3 Å². The van der Waals surface area contributed by atoms with Crippen LogP contribution in [0.3, 0.4) is 0 Å². The van der Waals surface area contributed by atoms with Crippen molar-refractivity contribution in [3.05, 3.63) is 51.7 Å². The Labute approximate surface area is 166 Å². The van der Waals surface area contributed by atoms with Gasteiger partial charge in [0.2, 0.25) is 11.6 Å². The third-order valence-corrected chi connectivity index (χ3v) is 4.88. The molecule has 2 aromatic heterocycles. The lowest BCUT2D eigenvalue weighted by Crippen LogP contribution is -2.39. The molecule has 28 heavy (non-hydrogen) atoms. The largest absolute Gasteiger partial charge is 0.360 e. The van der Waals surface area contributed by atoms with Crippen molar-refractivity contribution in [1.82, 2.24) is 19.6 Å². The van der Waals surface area contributed by atoms with Gasteiger partial charge in [0, 0.05) is 30.1 Å². The lowest BCUT2D eigenvalue weighted by molar-refractivity contribution is -0.383. The Balaban J connectivity index is 1.81. The molecule has 0 unspecified atom stereocenters. The molecule has 1 aromatic carbocycles. The van der Waals surface area contributed by atoms with Gasteiger partial charge in [-0.25, -0.2) is 9.97 Å². The number of aromatic nitrogens is 4. The van der Waals surface area contributed by atoms with Crippen LogP contribution in [0.15, 0.2) is 36.0 Å². The molecular weight excluding hydrogens is 378 g/mol. The molecule has 0 bridgehead atoms. The molecule has 0 amide bonds. The minimum atomic E-state index is -0.446. The minimum absolute atomic E-state index is 0.134. The van der Waals surface area contributed by atoms with E-state index in [0.29, 0.717) is 6.54 Å². The Morgan fingerprint density at radius 3 is 2.50 bits per heavy atom. The highest BCUT2D eigenvalue weighted by atomic mass is 32.1. The van der Waals surface area contributed by atoms with E-state index in [4.69, 9.17) is 0 Å². The summed E-state index contributed by atoms with van der Waals surface area (Å²) in [6.07, 6.45) is 1.34. The van der Waals surface area contributed by atoms with Gasteiger partial charge >= 0.3 is 5.69 Å². The fourth-order valence-corrected chi connectivity index (χ4v) is 2.96. The number of anilines is 2. The monoisotopic (exact) mass is 399 g/mol. The van der Waals surface area contributed by atoms with Gasteiger partial charge in [-0.15, -0.1) is 5.10 Å². The van der Waals surface area contributed by atoms with Crippen LogP contribution in [0.5, 0.6) is 0 Å². The number of nitro groups is 1. The maximum absolute atomic E-state index is 11.7. The number of nitrogens with zero attached hydrogens (tertiary/aromatic N) is 6. The Hall–Kier alpha value is -3.14. The molecule has 0 aliphatic carbocycles. The second kappa shape index (κ2) is 7.85. The second-order valence-corrected chi connectivity index (χ2v) is 7.83. The maximum atomic E-state index is 11.7. The number of hydrogen-bond acceptors (Lipinski definition) is 9. The van der Waals surface area contributed by atoms with Crippen LogP contribution in [0, 0.1) is 10.1 Å². The first-order valence-electron chi connectivity index (χ1n) is 8.61. The Morgan fingerprint density at radius 2 is 1.93 bits per heavy atom. The molecule has 0 radical (unpaired) electrons. The van der Waals surface area contributed by atoms with Crippen LogP contribution >= 0.6 is 11.5 Å². The van der Waals surface area contributed by atoms with Gasteiger partial charge in [-0.1, -0.05) is 28.8 Å². The van der Waals surface area contributed by atoms with E-state index in [1.54, 1.807) is 11.9 Å². The molecule has 0 fully saturated rings. The fourth-order valence-electron chi connectivity index (χ4n) is 2.50. The zero-order valence-electron chi connectivity index (χ0n) is 16.1. The summed E-state index contributed by atoms with van der Waals surface area (Å²) < 4.78 is 3.86. The van der Waals surface area contributed by atoms with Gasteiger partial charge in [-0.05, 0) is 37.9 Å².